The minimum absolute atomic E-state index is 0.287. The number of fused-ring (bicyclic) bond motifs is 1. The molecule has 0 saturated heterocycles. The van der Waals surface area contributed by atoms with Gasteiger partial charge in [0.1, 0.15) is 5.54 Å². The van der Waals surface area contributed by atoms with Crippen molar-refractivity contribution in [3.05, 3.63) is 21.4 Å². The average Bonchev–Trinajstić information content (AvgIpc) is 2.60. The number of aliphatic carboxylic acids is 1. The van der Waals surface area contributed by atoms with Gasteiger partial charge in [-0.15, -0.1) is 11.3 Å². The molecule has 1 aromatic heterocycles. The van der Waals surface area contributed by atoms with E-state index in [1.165, 1.54) is 54.9 Å². The van der Waals surface area contributed by atoms with Gasteiger partial charge in [0.15, 0.2) is 0 Å². The van der Waals surface area contributed by atoms with Gasteiger partial charge < -0.3 is 10.4 Å². The van der Waals surface area contributed by atoms with Crippen molar-refractivity contribution in [3.63, 3.8) is 0 Å². The van der Waals surface area contributed by atoms with E-state index in [2.05, 4.69) is 5.32 Å². The van der Waals surface area contributed by atoms with E-state index in [0.717, 1.165) is 12.8 Å². The predicted molar refractivity (Wildman–Crippen MR) is 74.8 cm³/mol. The summed E-state index contributed by atoms with van der Waals surface area (Å²) in [6, 6.07) is 1.93. The highest BCUT2D eigenvalue weighted by Crippen LogP contribution is 2.29. The van der Waals surface area contributed by atoms with Gasteiger partial charge in [0.05, 0.1) is 4.88 Å². The van der Waals surface area contributed by atoms with Crippen LogP contribution in [-0.4, -0.2) is 22.5 Å². The van der Waals surface area contributed by atoms with Crippen LogP contribution in [0, 0.1) is 0 Å². The molecule has 0 bridgehead atoms. The maximum atomic E-state index is 12.1. The molecule has 0 saturated carbocycles. The van der Waals surface area contributed by atoms with Crippen LogP contribution in [0.4, 0.5) is 0 Å². The molecule has 0 unspecified atom stereocenters. The zero-order chi connectivity index (χ0) is 14.0. The van der Waals surface area contributed by atoms with Crippen molar-refractivity contribution >= 4 is 23.2 Å². The van der Waals surface area contributed by atoms with E-state index in [1.807, 2.05) is 6.07 Å². The van der Waals surface area contributed by atoms with Crippen molar-refractivity contribution < 1.29 is 14.7 Å². The SMILES string of the molecule is CC(C)(NC(=O)c1cc2c(s1)CCCCC2)C(=O)O. The van der Waals surface area contributed by atoms with Crippen LogP contribution in [0.2, 0.25) is 0 Å². The Kier molecular flexibility index (Phi) is 3.94. The summed E-state index contributed by atoms with van der Waals surface area (Å²) in [4.78, 5) is 25.0. The number of amides is 1. The third-order valence-electron chi connectivity index (χ3n) is 3.43. The number of aryl methyl sites for hydroxylation is 2. The Balaban J connectivity index is 2.14. The highest BCUT2D eigenvalue weighted by molar-refractivity contribution is 7.14. The van der Waals surface area contributed by atoms with Gasteiger partial charge in [-0.25, -0.2) is 4.79 Å². The fourth-order valence-electron chi connectivity index (χ4n) is 2.18. The molecule has 0 atom stereocenters. The monoisotopic (exact) mass is 281 g/mol. The Labute approximate surface area is 116 Å². The van der Waals surface area contributed by atoms with Gasteiger partial charge in [-0.05, 0) is 51.2 Å². The van der Waals surface area contributed by atoms with Crippen molar-refractivity contribution in [2.45, 2.75) is 51.5 Å². The first-order chi connectivity index (χ1) is 8.90. The van der Waals surface area contributed by atoms with Crippen LogP contribution in [0.5, 0.6) is 0 Å². The summed E-state index contributed by atoms with van der Waals surface area (Å²) in [7, 11) is 0. The molecule has 0 fully saturated rings. The quantitative estimate of drug-likeness (QED) is 0.837. The minimum atomic E-state index is -1.24. The van der Waals surface area contributed by atoms with Crippen molar-refractivity contribution in [1.82, 2.24) is 5.32 Å². The molecule has 104 valence electrons. The molecular weight excluding hydrogens is 262 g/mol. The summed E-state index contributed by atoms with van der Waals surface area (Å²) in [6.45, 7) is 2.98. The zero-order valence-corrected chi connectivity index (χ0v) is 12.1. The normalized spacial score (nSPS) is 15.5. The molecule has 0 aromatic carbocycles. The molecule has 1 heterocycles. The van der Waals surface area contributed by atoms with Gasteiger partial charge in [-0.1, -0.05) is 6.42 Å². The van der Waals surface area contributed by atoms with E-state index in [9.17, 15) is 9.59 Å². The molecule has 19 heavy (non-hydrogen) atoms. The average molecular weight is 281 g/mol. The number of thiophene rings is 1. The third-order valence-corrected chi connectivity index (χ3v) is 4.67. The van der Waals surface area contributed by atoms with Gasteiger partial charge in [-0.3, -0.25) is 4.79 Å². The third kappa shape index (κ3) is 3.15. The molecule has 0 radical (unpaired) electrons. The van der Waals surface area contributed by atoms with E-state index in [0.29, 0.717) is 4.88 Å². The highest BCUT2D eigenvalue weighted by Gasteiger charge is 2.30. The first kappa shape index (κ1) is 14.1. The summed E-state index contributed by atoms with van der Waals surface area (Å²) < 4.78 is 0. The molecule has 1 aromatic rings. The van der Waals surface area contributed by atoms with Crippen LogP contribution in [0.1, 0.15) is 53.2 Å². The van der Waals surface area contributed by atoms with Crippen LogP contribution < -0.4 is 5.32 Å². The molecule has 5 heteroatoms. The second-order valence-corrected chi connectivity index (χ2v) is 6.64. The first-order valence-electron chi connectivity index (χ1n) is 6.57. The Hall–Kier alpha value is -1.36. The summed E-state index contributed by atoms with van der Waals surface area (Å²) in [6.07, 6.45) is 5.66. The molecule has 1 amide bonds. The largest absolute Gasteiger partial charge is 0.480 e. The van der Waals surface area contributed by atoms with E-state index < -0.39 is 11.5 Å². The molecule has 1 aliphatic carbocycles. The fraction of sp³-hybridized carbons (Fsp3) is 0.571. The molecule has 0 aliphatic heterocycles. The maximum absolute atomic E-state index is 12.1. The van der Waals surface area contributed by atoms with E-state index in [1.54, 1.807) is 0 Å². The first-order valence-corrected chi connectivity index (χ1v) is 7.39. The van der Waals surface area contributed by atoms with Gasteiger partial charge in [0, 0.05) is 4.88 Å². The molecule has 2 N–H and O–H groups in total. The molecular formula is C14H19NO3S. The van der Waals surface area contributed by atoms with Gasteiger partial charge in [-0.2, -0.15) is 0 Å². The van der Waals surface area contributed by atoms with Gasteiger partial charge >= 0.3 is 5.97 Å². The van der Waals surface area contributed by atoms with E-state index in [4.69, 9.17) is 5.11 Å². The summed E-state index contributed by atoms with van der Waals surface area (Å²) in [5, 5.41) is 11.6. The van der Waals surface area contributed by atoms with Crippen molar-refractivity contribution in [3.8, 4) is 0 Å². The summed E-state index contributed by atoms with van der Waals surface area (Å²) in [5.74, 6) is -1.32. The van der Waals surface area contributed by atoms with Crippen LogP contribution in [0.15, 0.2) is 6.07 Å². The Morgan fingerprint density at radius 1 is 1.26 bits per heavy atom. The molecule has 1 aliphatic rings. The minimum Gasteiger partial charge on any atom is -0.480 e. The summed E-state index contributed by atoms with van der Waals surface area (Å²) in [5.41, 5.74) is 0.0270. The Morgan fingerprint density at radius 2 is 1.95 bits per heavy atom. The number of rotatable bonds is 3. The number of carboxylic acids is 1. The highest BCUT2D eigenvalue weighted by atomic mass is 32.1. The fourth-order valence-corrected chi connectivity index (χ4v) is 3.33. The molecule has 4 nitrogen and oxygen atoms in total. The maximum Gasteiger partial charge on any atom is 0.328 e. The smallest absolute Gasteiger partial charge is 0.328 e. The second-order valence-electron chi connectivity index (χ2n) is 5.50. The topological polar surface area (TPSA) is 66.4 Å². The van der Waals surface area contributed by atoms with Crippen molar-refractivity contribution in [1.29, 1.82) is 0 Å². The van der Waals surface area contributed by atoms with Crippen LogP contribution in [0.25, 0.3) is 0 Å². The lowest BCUT2D eigenvalue weighted by molar-refractivity contribution is -0.143. The molecule has 0 spiro atoms. The Bertz CT molecular complexity index is 481. The zero-order valence-electron chi connectivity index (χ0n) is 11.3. The lowest BCUT2D eigenvalue weighted by Crippen LogP contribution is -2.49. The second kappa shape index (κ2) is 5.33. The van der Waals surface area contributed by atoms with Gasteiger partial charge in [0.25, 0.3) is 5.91 Å². The standard InChI is InChI=1S/C14H19NO3S/c1-14(2,13(17)18)15-12(16)11-8-9-6-4-3-5-7-10(9)19-11/h8H,3-7H2,1-2H3,(H,15,16)(H,17,18). The van der Waals surface area contributed by atoms with Crippen molar-refractivity contribution in [2.24, 2.45) is 0 Å². The van der Waals surface area contributed by atoms with E-state index in [-0.39, 0.29) is 5.91 Å². The van der Waals surface area contributed by atoms with E-state index >= 15 is 0 Å². The number of carbonyl (C=O) groups excluding carboxylic acids is 1. The van der Waals surface area contributed by atoms with Crippen LogP contribution in [0.3, 0.4) is 0 Å². The number of hydrogen-bond acceptors (Lipinski definition) is 3. The van der Waals surface area contributed by atoms with Crippen LogP contribution in [-0.2, 0) is 17.6 Å². The lowest BCUT2D eigenvalue weighted by atomic mass is 10.1. The number of carboxylic acid groups (broad SMARTS) is 1. The van der Waals surface area contributed by atoms with Gasteiger partial charge in [0.2, 0.25) is 0 Å². The van der Waals surface area contributed by atoms with Crippen molar-refractivity contribution in [2.75, 3.05) is 0 Å². The number of carbonyl (C=O) groups is 2. The van der Waals surface area contributed by atoms with Crippen LogP contribution >= 0.6 is 11.3 Å². The summed E-state index contributed by atoms with van der Waals surface area (Å²) >= 11 is 1.50. The molecule has 2 rings (SSSR count). The number of nitrogens with one attached hydrogen (secondary N) is 1. The predicted octanol–water partition coefficient (Wildman–Crippen LogP) is 2.61. The number of hydrogen-bond donors (Lipinski definition) is 2. The lowest BCUT2D eigenvalue weighted by Gasteiger charge is -2.20. The Morgan fingerprint density at radius 3 is 2.63 bits per heavy atom.